The Kier molecular flexibility index (Phi) is 7.13. The van der Waals surface area contributed by atoms with Crippen molar-refractivity contribution < 1.29 is 14.3 Å². The molecule has 2 saturated carbocycles. The van der Waals surface area contributed by atoms with E-state index in [2.05, 4.69) is 28.6 Å². The first kappa shape index (κ1) is 20.6. The number of carboxylic acids is 1. The maximum Gasteiger partial charge on any atom is 0.307 e. The Morgan fingerprint density at radius 1 is 1.15 bits per heavy atom. The molecule has 0 aliphatic heterocycles. The number of rotatable bonds is 6. The lowest BCUT2D eigenvalue weighted by molar-refractivity contribution is -0.144. The van der Waals surface area contributed by atoms with Gasteiger partial charge in [-0.25, -0.2) is 4.39 Å². The number of hydrogen-bond acceptors (Lipinski definition) is 1. The van der Waals surface area contributed by atoms with Crippen molar-refractivity contribution in [2.24, 2.45) is 23.7 Å². The first-order valence-corrected chi connectivity index (χ1v) is 11.1. The summed E-state index contributed by atoms with van der Waals surface area (Å²) < 4.78 is 14.4. The van der Waals surface area contributed by atoms with Crippen LogP contribution in [0, 0.1) is 29.5 Å². The van der Waals surface area contributed by atoms with Crippen molar-refractivity contribution in [3.05, 3.63) is 46.7 Å². The van der Waals surface area contributed by atoms with Crippen molar-refractivity contribution in [1.29, 1.82) is 0 Å². The predicted molar refractivity (Wildman–Crippen MR) is 110 cm³/mol. The van der Waals surface area contributed by atoms with Crippen LogP contribution in [0.15, 0.2) is 35.3 Å². The molecule has 3 rings (SSSR count). The molecule has 0 heterocycles. The molecule has 0 spiro atoms. The van der Waals surface area contributed by atoms with Gasteiger partial charge in [0.15, 0.2) is 0 Å². The topological polar surface area (TPSA) is 37.3 Å². The normalized spacial score (nSPS) is 29.9. The van der Waals surface area contributed by atoms with Gasteiger partial charge in [-0.15, -0.1) is 6.58 Å². The Bertz CT molecular complexity index is 658. The summed E-state index contributed by atoms with van der Waals surface area (Å²) in [5.74, 6) is 1.18. The molecule has 0 radical (unpaired) electrons. The van der Waals surface area contributed by atoms with Crippen LogP contribution in [0.1, 0.15) is 69.3 Å². The molecule has 2 aliphatic rings. The molecule has 2 fully saturated rings. The van der Waals surface area contributed by atoms with Crippen LogP contribution in [0.25, 0.3) is 0 Å². The molecule has 1 N–H and O–H groups in total. The summed E-state index contributed by atoms with van der Waals surface area (Å²) >= 11 is 3.23. The van der Waals surface area contributed by atoms with Gasteiger partial charge in [0, 0.05) is 0 Å². The van der Waals surface area contributed by atoms with Gasteiger partial charge in [-0.1, -0.05) is 12.1 Å². The molecule has 0 bridgehead atoms. The van der Waals surface area contributed by atoms with Gasteiger partial charge >= 0.3 is 5.97 Å². The second-order valence-corrected chi connectivity index (χ2v) is 9.28. The monoisotopic (exact) mass is 436 g/mol. The number of aliphatic carboxylic acids is 1. The maximum atomic E-state index is 13.8. The van der Waals surface area contributed by atoms with Gasteiger partial charge in [0.1, 0.15) is 5.82 Å². The molecule has 1 atom stereocenters. The summed E-state index contributed by atoms with van der Waals surface area (Å²) in [6.45, 7) is 3.72. The Balaban J connectivity index is 1.50. The second-order valence-electron chi connectivity index (χ2n) is 8.43. The molecule has 0 saturated heterocycles. The molecular weight excluding hydrogens is 407 g/mol. The highest BCUT2D eigenvalue weighted by molar-refractivity contribution is 9.10. The third kappa shape index (κ3) is 5.01. The van der Waals surface area contributed by atoms with Crippen molar-refractivity contribution in [2.45, 2.75) is 63.7 Å². The summed E-state index contributed by atoms with van der Waals surface area (Å²) in [6, 6.07) is 5.56. The molecular formula is C23H30BrFO2. The maximum absolute atomic E-state index is 13.8. The summed E-state index contributed by atoms with van der Waals surface area (Å²) in [5.41, 5.74) is 1.13. The Hall–Kier alpha value is -1.16. The zero-order valence-electron chi connectivity index (χ0n) is 15.9. The van der Waals surface area contributed by atoms with Gasteiger partial charge in [-0.05, 0) is 115 Å². The average molecular weight is 437 g/mol. The van der Waals surface area contributed by atoms with E-state index in [0.29, 0.717) is 22.7 Å². The van der Waals surface area contributed by atoms with Crippen molar-refractivity contribution in [3.8, 4) is 0 Å². The van der Waals surface area contributed by atoms with Gasteiger partial charge < -0.3 is 5.11 Å². The van der Waals surface area contributed by atoms with Crippen LogP contribution in [-0.2, 0) is 4.79 Å². The molecule has 2 nitrogen and oxygen atoms in total. The minimum atomic E-state index is -0.666. The standard InChI is InChI=1S/C23H30BrFO2/c1-2-3-20(23(26)27)18-10-8-16(9-11-18)15-4-6-17(7-5-15)19-12-13-21(24)22(25)14-19/h2,12-18,20H,1,3-11H2,(H,26,27). The van der Waals surface area contributed by atoms with Gasteiger partial charge in [0.05, 0.1) is 10.4 Å². The van der Waals surface area contributed by atoms with Crippen molar-refractivity contribution in [1.82, 2.24) is 0 Å². The van der Waals surface area contributed by atoms with Gasteiger partial charge in [-0.2, -0.15) is 0 Å². The minimum Gasteiger partial charge on any atom is -0.481 e. The fourth-order valence-corrected chi connectivity index (χ4v) is 5.63. The SMILES string of the molecule is C=CCC(C(=O)O)C1CCC(C2CCC(c3ccc(Br)c(F)c3)CC2)CC1. The second kappa shape index (κ2) is 9.36. The van der Waals surface area contributed by atoms with Crippen molar-refractivity contribution in [2.75, 3.05) is 0 Å². The van der Waals surface area contributed by atoms with Gasteiger partial charge in [0.25, 0.3) is 0 Å². The van der Waals surface area contributed by atoms with E-state index in [0.717, 1.165) is 55.9 Å². The van der Waals surface area contributed by atoms with E-state index < -0.39 is 5.97 Å². The zero-order chi connectivity index (χ0) is 19.4. The molecule has 0 aromatic heterocycles. The fraction of sp³-hybridized carbons (Fsp3) is 0.609. The highest BCUT2D eigenvalue weighted by Crippen LogP contribution is 2.45. The van der Waals surface area contributed by atoms with Gasteiger partial charge in [-0.3, -0.25) is 4.79 Å². The predicted octanol–water partition coefficient (Wildman–Crippen LogP) is 6.95. The van der Waals surface area contributed by atoms with Crippen molar-refractivity contribution >= 4 is 21.9 Å². The lowest BCUT2D eigenvalue weighted by Crippen LogP contribution is -2.30. The number of benzene rings is 1. The summed E-state index contributed by atoms with van der Waals surface area (Å²) in [7, 11) is 0. The van der Waals surface area contributed by atoms with Crippen LogP contribution in [0.2, 0.25) is 0 Å². The van der Waals surface area contributed by atoms with Crippen LogP contribution in [0.3, 0.4) is 0 Å². The van der Waals surface area contributed by atoms with E-state index in [1.165, 1.54) is 12.8 Å². The third-order valence-electron chi connectivity index (χ3n) is 6.98. The van der Waals surface area contributed by atoms with E-state index in [4.69, 9.17) is 0 Å². The zero-order valence-corrected chi connectivity index (χ0v) is 17.5. The van der Waals surface area contributed by atoms with Crippen molar-refractivity contribution in [3.63, 3.8) is 0 Å². The molecule has 4 heteroatoms. The Morgan fingerprint density at radius 3 is 2.26 bits per heavy atom. The van der Waals surface area contributed by atoms with Crippen LogP contribution in [0.4, 0.5) is 4.39 Å². The van der Waals surface area contributed by atoms with E-state index in [1.54, 1.807) is 12.1 Å². The van der Waals surface area contributed by atoms with E-state index >= 15 is 0 Å². The minimum absolute atomic E-state index is 0.166. The third-order valence-corrected chi connectivity index (χ3v) is 7.62. The molecule has 1 aromatic rings. The molecule has 2 aliphatic carbocycles. The number of hydrogen-bond donors (Lipinski definition) is 1. The highest BCUT2D eigenvalue weighted by atomic mass is 79.9. The van der Waals surface area contributed by atoms with Crippen LogP contribution in [-0.4, -0.2) is 11.1 Å². The van der Waals surface area contributed by atoms with E-state index in [1.807, 2.05) is 6.07 Å². The Morgan fingerprint density at radius 2 is 1.74 bits per heavy atom. The molecule has 148 valence electrons. The van der Waals surface area contributed by atoms with Gasteiger partial charge in [0.2, 0.25) is 0 Å². The van der Waals surface area contributed by atoms with Crippen LogP contribution in [0.5, 0.6) is 0 Å². The summed E-state index contributed by atoms with van der Waals surface area (Å²) in [5, 5.41) is 9.47. The average Bonchev–Trinajstić information content (AvgIpc) is 2.68. The molecule has 0 amide bonds. The number of carboxylic acid groups (broad SMARTS) is 1. The lowest BCUT2D eigenvalue weighted by Gasteiger charge is -2.39. The van der Waals surface area contributed by atoms with Crippen LogP contribution < -0.4 is 0 Å². The molecule has 1 aromatic carbocycles. The highest BCUT2D eigenvalue weighted by Gasteiger charge is 2.35. The summed E-state index contributed by atoms with van der Waals surface area (Å²) in [6.07, 6.45) is 11.4. The quantitative estimate of drug-likeness (QED) is 0.489. The Labute approximate surface area is 170 Å². The first-order valence-electron chi connectivity index (χ1n) is 10.3. The fourth-order valence-electron chi connectivity index (χ4n) is 5.38. The molecule has 1 unspecified atom stereocenters. The van der Waals surface area contributed by atoms with Crippen LogP contribution >= 0.6 is 15.9 Å². The van der Waals surface area contributed by atoms with E-state index in [9.17, 15) is 14.3 Å². The lowest BCUT2D eigenvalue weighted by atomic mass is 9.66. The number of halogens is 2. The smallest absolute Gasteiger partial charge is 0.307 e. The first-order chi connectivity index (χ1) is 13.0. The summed E-state index contributed by atoms with van der Waals surface area (Å²) in [4.78, 5) is 11.5. The largest absolute Gasteiger partial charge is 0.481 e. The van der Waals surface area contributed by atoms with E-state index in [-0.39, 0.29) is 11.7 Å². The number of allylic oxidation sites excluding steroid dienone is 1. The molecule has 27 heavy (non-hydrogen) atoms. The number of carbonyl (C=O) groups is 1.